The van der Waals surface area contributed by atoms with Gasteiger partial charge in [0.1, 0.15) is 0 Å². The van der Waals surface area contributed by atoms with Crippen LogP contribution in [0, 0.1) is 0 Å². The molecule has 1 amide bonds. The summed E-state index contributed by atoms with van der Waals surface area (Å²) in [5, 5.41) is 7.99. The van der Waals surface area contributed by atoms with Crippen molar-refractivity contribution in [2.45, 2.75) is 17.9 Å². The lowest BCUT2D eigenvalue weighted by Gasteiger charge is -2.26. The fourth-order valence-corrected chi connectivity index (χ4v) is 4.45. The zero-order valence-electron chi connectivity index (χ0n) is 14.9. The molecule has 0 atom stereocenters. The van der Waals surface area contributed by atoms with Crippen molar-refractivity contribution in [3.63, 3.8) is 0 Å². The summed E-state index contributed by atoms with van der Waals surface area (Å²) in [6, 6.07) is 13.9. The minimum Gasteiger partial charge on any atom is -0.326 e. The van der Waals surface area contributed by atoms with Crippen molar-refractivity contribution < 1.29 is 13.2 Å². The fourth-order valence-electron chi connectivity index (χ4n) is 2.95. The van der Waals surface area contributed by atoms with E-state index in [-0.39, 0.29) is 17.2 Å². The van der Waals surface area contributed by atoms with Crippen LogP contribution in [0.5, 0.6) is 0 Å². The maximum Gasteiger partial charge on any atom is 0.238 e. The van der Waals surface area contributed by atoms with Crippen LogP contribution in [0.25, 0.3) is 0 Å². The fraction of sp³-hybridized carbons (Fsp3) is 0.316. The van der Waals surface area contributed by atoms with Gasteiger partial charge in [-0.15, -0.1) is 0 Å². The Morgan fingerprint density at radius 3 is 2.44 bits per heavy atom. The number of anilines is 1. The molecule has 8 heteroatoms. The zero-order chi connectivity index (χ0) is 19.3. The Hall–Kier alpha value is -1.87. The van der Waals surface area contributed by atoms with Gasteiger partial charge >= 0.3 is 0 Å². The second kappa shape index (κ2) is 8.88. The molecule has 3 rings (SSSR count). The highest BCUT2D eigenvalue weighted by Crippen LogP contribution is 2.17. The minimum absolute atomic E-state index is 0.0375. The van der Waals surface area contributed by atoms with Gasteiger partial charge in [0.15, 0.2) is 0 Å². The lowest BCUT2D eigenvalue weighted by atomic mass is 10.1. The van der Waals surface area contributed by atoms with Gasteiger partial charge in [-0.05, 0) is 35.4 Å². The van der Waals surface area contributed by atoms with Gasteiger partial charge in [-0.25, -0.2) is 13.6 Å². The molecule has 6 nitrogen and oxygen atoms in total. The molecule has 0 radical (unpaired) electrons. The van der Waals surface area contributed by atoms with Crippen molar-refractivity contribution in [2.24, 2.45) is 5.14 Å². The number of amides is 1. The average Bonchev–Trinajstić information content (AvgIpc) is 2.62. The summed E-state index contributed by atoms with van der Waals surface area (Å²) in [4.78, 5) is 14.8. The van der Waals surface area contributed by atoms with E-state index in [4.69, 9.17) is 5.14 Å². The highest BCUT2D eigenvalue weighted by molar-refractivity contribution is 7.99. The van der Waals surface area contributed by atoms with Crippen LogP contribution in [-0.2, 0) is 27.8 Å². The molecular weight excluding hydrogens is 382 g/mol. The Morgan fingerprint density at radius 1 is 1.07 bits per heavy atom. The van der Waals surface area contributed by atoms with Crippen LogP contribution in [0.4, 0.5) is 5.69 Å². The number of hydrogen-bond donors (Lipinski definition) is 2. The number of sulfonamides is 1. The van der Waals surface area contributed by atoms with E-state index < -0.39 is 10.0 Å². The van der Waals surface area contributed by atoms with Gasteiger partial charge in [-0.3, -0.25) is 9.69 Å². The van der Waals surface area contributed by atoms with Crippen LogP contribution in [0.1, 0.15) is 11.1 Å². The lowest BCUT2D eigenvalue weighted by Crippen LogP contribution is -2.31. The van der Waals surface area contributed by atoms with Gasteiger partial charge in [0.05, 0.1) is 11.3 Å². The Morgan fingerprint density at radius 2 is 1.78 bits per heavy atom. The summed E-state index contributed by atoms with van der Waals surface area (Å²) in [6.45, 7) is 3.07. The quantitative estimate of drug-likeness (QED) is 0.767. The van der Waals surface area contributed by atoms with Crippen LogP contribution >= 0.6 is 11.8 Å². The van der Waals surface area contributed by atoms with Crippen molar-refractivity contribution in [2.75, 3.05) is 29.9 Å². The largest absolute Gasteiger partial charge is 0.326 e. The third-order valence-corrected chi connectivity index (χ3v) is 6.21. The Labute approximate surface area is 164 Å². The normalized spacial score (nSPS) is 15.4. The molecule has 0 unspecified atom stereocenters. The third-order valence-electron chi connectivity index (χ3n) is 4.34. The van der Waals surface area contributed by atoms with Gasteiger partial charge in [0.2, 0.25) is 15.9 Å². The molecule has 3 N–H and O–H groups in total. The summed E-state index contributed by atoms with van der Waals surface area (Å²) in [6.07, 6.45) is 0.165. The lowest BCUT2D eigenvalue weighted by molar-refractivity contribution is -0.115. The maximum absolute atomic E-state index is 12.3. The molecule has 0 saturated carbocycles. The van der Waals surface area contributed by atoms with Gasteiger partial charge < -0.3 is 5.32 Å². The number of hydrogen-bond acceptors (Lipinski definition) is 5. The number of nitrogens with two attached hydrogens (primary N) is 1. The smallest absolute Gasteiger partial charge is 0.238 e. The molecule has 2 aromatic carbocycles. The molecule has 1 fully saturated rings. The molecule has 0 spiro atoms. The molecule has 27 heavy (non-hydrogen) atoms. The number of primary sulfonamides is 1. The standard InChI is InChI=1S/C19H23N3O3S2/c20-27(24,25)18-6-4-15(5-7-18)13-19(23)21-17-3-1-2-16(12-17)14-22-8-10-26-11-9-22/h1-7,12H,8-11,13-14H2,(H,21,23)(H2,20,24,25). The topological polar surface area (TPSA) is 92.5 Å². The van der Waals surface area contributed by atoms with Gasteiger partial charge in [-0.2, -0.15) is 11.8 Å². The van der Waals surface area contributed by atoms with Crippen LogP contribution in [0.3, 0.4) is 0 Å². The number of carbonyl (C=O) groups excluding carboxylic acids is 1. The first-order chi connectivity index (χ1) is 12.9. The van der Waals surface area contributed by atoms with Crippen molar-refractivity contribution in [1.29, 1.82) is 0 Å². The van der Waals surface area contributed by atoms with E-state index in [0.717, 1.165) is 30.9 Å². The number of rotatable bonds is 6. The highest BCUT2D eigenvalue weighted by atomic mass is 32.2. The second-order valence-electron chi connectivity index (χ2n) is 6.50. The highest BCUT2D eigenvalue weighted by Gasteiger charge is 2.12. The predicted molar refractivity (Wildman–Crippen MR) is 109 cm³/mol. The van der Waals surface area contributed by atoms with Crippen LogP contribution < -0.4 is 10.5 Å². The number of thioether (sulfide) groups is 1. The minimum atomic E-state index is -3.72. The first-order valence-electron chi connectivity index (χ1n) is 8.71. The summed E-state index contributed by atoms with van der Waals surface area (Å²) in [5.74, 6) is 2.19. The number of carbonyl (C=O) groups is 1. The number of nitrogens with one attached hydrogen (secondary N) is 1. The molecule has 1 aliphatic rings. The first-order valence-corrected chi connectivity index (χ1v) is 11.4. The third kappa shape index (κ3) is 6.07. The summed E-state index contributed by atoms with van der Waals surface area (Å²) < 4.78 is 22.6. The average molecular weight is 406 g/mol. The van der Waals surface area contributed by atoms with Gasteiger partial charge in [0, 0.05) is 36.8 Å². The van der Waals surface area contributed by atoms with E-state index in [0.29, 0.717) is 0 Å². The van der Waals surface area contributed by atoms with Crippen molar-refractivity contribution in [3.8, 4) is 0 Å². The van der Waals surface area contributed by atoms with E-state index in [1.54, 1.807) is 12.1 Å². The van der Waals surface area contributed by atoms with Crippen LogP contribution in [0.15, 0.2) is 53.4 Å². The number of nitrogens with zero attached hydrogens (tertiary/aromatic N) is 1. The zero-order valence-corrected chi connectivity index (χ0v) is 16.6. The second-order valence-corrected chi connectivity index (χ2v) is 9.29. The molecule has 2 aromatic rings. The van der Waals surface area contributed by atoms with E-state index in [1.165, 1.54) is 29.2 Å². The van der Waals surface area contributed by atoms with Crippen molar-refractivity contribution in [1.82, 2.24) is 4.90 Å². The molecule has 1 aliphatic heterocycles. The Balaban J connectivity index is 1.58. The summed E-state index contributed by atoms with van der Waals surface area (Å²) >= 11 is 1.98. The van der Waals surface area contributed by atoms with E-state index in [1.807, 2.05) is 30.0 Å². The van der Waals surface area contributed by atoms with Crippen LogP contribution in [0.2, 0.25) is 0 Å². The molecule has 0 bridgehead atoms. The van der Waals surface area contributed by atoms with Crippen LogP contribution in [-0.4, -0.2) is 43.8 Å². The monoisotopic (exact) mass is 405 g/mol. The van der Waals surface area contributed by atoms with Gasteiger partial charge in [0.25, 0.3) is 0 Å². The van der Waals surface area contributed by atoms with E-state index in [2.05, 4.69) is 16.3 Å². The number of benzene rings is 2. The molecule has 0 aliphatic carbocycles. The molecule has 1 heterocycles. The molecular formula is C19H23N3O3S2. The summed E-state index contributed by atoms with van der Waals surface area (Å²) in [5.41, 5.74) is 2.67. The van der Waals surface area contributed by atoms with Crippen molar-refractivity contribution >= 4 is 33.4 Å². The Bertz CT molecular complexity index is 893. The Kier molecular flexibility index (Phi) is 6.54. The SMILES string of the molecule is NS(=O)(=O)c1ccc(CC(=O)Nc2cccc(CN3CCSCC3)c2)cc1. The molecule has 0 aromatic heterocycles. The van der Waals surface area contributed by atoms with Gasteiger partial charge in [-0.1, -0.05) is 24.3 Å². The molecule has 144 valence electrons. The first kappa shape index (κ1) is 19.9. The van der Waals surface area contributed by atoms with Crippen molar-refractivity contribution in [3.05, 3.63) is 59.7 Å². The summed E-state index contributed by atoms with van der Waals surface area (Å²) in [7, 11) is -3.72. The molecule has 1 saturated heterocycles. The maximum atomic E-state index is 12.3. The van der Waals surface area contributed by atoms with E-state index >= 15 is 0 Å². The van der Waals surface area contributed by atoms with E-state index in [9.17, 15) is 13.2 Å². The predicted octanol–water partition coefficient (Wildman–Crippen LogP) is 2.06.